The minimum absolute atomic E-state index is 0.966. The van der Waals surface area contributed by atoms with E-state index < -0.39 is 0 Å². The molecule has 0 aromatic heterocycles. The minimum Gasteiger partial charge on any atom is -0.0470 e. The Hall–Kier alpha value is 0. The third-order valence-corrected chi connectivity index (χ3v) is 3.42. The molecule has 3 aliphatic carbocycles. The highest BCUT2D eigenvalue weighted by Crippen LogP contribution is 2.69. The first-order chi connectivity index (χ1) is 3.88. The van der Waals surface area contributed by atoms with Crippen LogP contribution in [-0.4, -0.2) is 0 Å². The predicted molar refractivity (Wildman–Crippen MR) is 32.5 cm³/mol. The number of hydrogen-bond donors (Lipinski definition) is 0. The maximum absolute atomic E-state index is 1.62. The second-order valence-electron chi connectivity index (χ2n) is 4.16. The van der Waals surface area contributed by atoms with E-state index in [-0.39, 0.29) is 0 Å². The molecule has 0 aliphatic heterocycles. The fourth-order valence-electron chi connectivity index (χ4n) is 2.59. The molecule has 3 rings (SSSR count). The molecule has 0 N–H and O–H groups in total. The SMILES string of the molecule is C1C2CC3(CC3)CC12. The third-order valence-electron chi connectivity index (χ3n) is 3.42. The van der Waals surface area contributed by atoms with E-state index in [2.05, 4.69) is 0 Å². The van der Waals surface area contributed by atoms with E-state index in [0.717, 1.165) is 5.41 Å². The van der Waals surface area contributed by atoms with Crippen molar-refractivity contribution in [3.05, 3.63) is 0 Å². The van der Waals surface area contributed by atoms with E-state index >= 15 is 0 Å². The highest BCUT2D eigenvalue weighted by molar-refractivity contribution is 5.09. The van der Waals surface area contributed by atoms with Crippen LogP contribution in [0, 0.1) is 17.3 Å². The van der Waals surface area contributed by atoms with Crippen molar-refractivity contribution in [2.24, 2.45) is 17.3 Å². The zero-order valence-electron chi connectivity index (χ0n) is 5.19. The zero-order chi connectivity index (χ0) is 5.19. The Morgan fingerprint density at radius 3 is 2.00 bits per heavy atom. The van der Waals surface area contributed by atoms with Crippen LogP contribution < -0.4 is 0 Å². The second kappa shape index (κ2) is 0.872. The Morgan fingerprint density at radius 2 is 1.62 bits per heavy atom. The molecule has 0 radical (unpaired) electrons. The Bertz CT molecular complexity index is 121. The topological polar surface area (TPSA) is 0 Å². The van der Waals surface area contributed by atoms with Gasteiger partial charge in [-0.25, -0.2) is 0 Å². The van der Waals surface area contributed by atoms with Crippen LogP contribution in [0.1, 0.15) is 32.1 Å². The van der Waals surface area contributed by atoms with Gasteiger partial charge < -0.3 is 0 Å². The summed E-state index contributed by atoms with van der Waals surface area (Å²) >= 11 is 0. The molecule has 0 heteroatoms. The van der Waals surface area contributed by atoms with Gasteiger partial charge in [0.1, 0.15) is 0 Å². The van der Waals surface area contributed by atoms with Gasteiger partial charge in [-0.1, -0.05) is 0 Å². The van der Waals surface area contributed by atoms with Gasteiger partial charge in [0.2, 0.25) is 0 Å². The van der Waals surface area contributed by atoms with Gasteiger partial charge >= 0.3 is 0 Å². The van der Waals surface area contributed by atoms with E-state index in [4.69, 9.17) is 0 Å². The Labute approximate surface area is 50.3 Å². The first-order valence-electron chi connectivity index (χ1n) is 3.88. The summed E-state index contributed by atoms with van der Waals surface area (Å²) in [7, 11) is 0. The van der Waals surface area contributed by atoms with Gasteiger partial charge in [-0.15, -0.1) is 0 Å². The molecule has 2 unspecified atom stereocenters. The molecule has 3 aliphatic rings. The molecule has 0 saturated heterocycles. The van der Waals surface area contributed by atoms with E-state index in [9.17, 15) is 0 Å². The molecule has 0 heterocycles. The van der Waals surface area contributed by atoms with Crippen LogP contribution in [0.4, 0.5) is 0 Å². The summed E-state index contributed by atoms with van der Waals surface area (Å²) in [6.45, 7) is 0. The third kappa shape index (κ3) is 0.340. The largest absolute Gasteiger partial charge is 0.0470 e. The van der Waals surface area contributed by atoms with Crippen LogP contribution in [0.15, 0.2) is 0 Å². The molecule has 0 amide bonds. The van der Waals surface area contributed by atoms with Gasteiger partial charge in [-0.2, -0.15) is 0 Å². The van der Waals surface area contributed by atoms with Gasteiger partial charge in [0.05, 0.1) is 0 Å². The van der Waals surface area contributed by atoms with Crippen molar-refractivity contribution in [3.63, 3.8) is 0 Å². The smallest absolute Gasteiger partial charge is 0.0292 e. The molecule has 0 aromatic rings. The minimum atomic E-state index is 0.966. The van der Waals surface area contributed by atoms with Crippen molar-refractivity contribution in [1.29, 1.82) is 0 Å². The molecule has 1 spiro atoms. The van der Waals surface area contributed by atoms with Crippen LogP contribution >= 0.6 is 0 Å². The second-order valence-corrected chi connectivity index (χ2v) is 4.16. The van der Waals surface area contributed by atoms with Gasteiger partial charge in [0, 0.05) is 0 Å². The molecule has 0 aromatic carbocycles. The summed E-state index contributed by atoms with van der Waals surface area (Å²) in [5, 5.41) is 0. The standard InChI is InChI=1S/C8H12/c1-2-8(1)4-6-3-7(6)5-8/h6-7H,1-5H2. The van der Waals surface area contributed by atoms with Crippen molar-refractivity contribution in [2.75, 3.05) is 0 Å². The lowest BCUT2D eigenvalue weighted by Crippen LogP contribution is -1.93. The Morgan fingerprint density at radius 1 is 1.00 bits per heavy atom. The van der Waals surface area contributed by atoms with Crippen LogP contribution in [0.2, 0.25) is 0 Å². The van der Waals surface area contributed by atoms with Crippen LogP contribution in [0.5, 0.6) is 0 Å². The van der Waals surface area contributed by atoms with Crippen LogP contribution in [-0.2, 0) is 0 Å². The lowest BCUT2D eigenvalue weighted by Gasteiger charge is -2.04. The summed E-state index contributed by atoms with van der Waals surface area (Å²) in [5.41, 5.74) is 0.966. The molecule has 8 heavy (non-hydrogen) atoms. The van der Waals surface area contributed by atoms with Crippen molar-refractivity contribution >= 4 is 0 Å². The van der Waals surface area contributed by atoms with Crippen LogP contribution in [0.25, 0.3) is 0 Å². The van der Waals surface area contributed by atoms with Gasteiger partial charge in [-0.3, -0.25) is 0 Å². The molecule has 2 atom stereocenters. The summed E-state index contributed by atoms with van der Waals surface area (Å²) in [6.07, 6.45) is 8.01. The normalized spacial score (nSPS) is 54.0. The van der Waals surface area contributed by atoms with Crippen molar-refractivity contribution in [1.82, 2.24) is 0 Å². The first kappa shape index (κ1) is 3.92. The quantitative estimate of drug-likeness (QED) is 0.446. The van der Waals surface area contributed by atoms with E-state index in [1.54, 1.807) is 32.1 Å². The number of hydrogen-bond acceptors (Lipinski definition) is 0. The molecule has 0 bridgehead atoms. The highest BCUT2D eigenvalue weighted by atomic mass is 14.6. The summed E-state index contributed by atoms with van der Waals surface area (Å²) in [5.74, 6) is 2.44. The van der Waals surface area contributed by atoms with Crippen molar-refractivity contribution < 1.29 is 0 Å². The molecule has 44 valence electrons. The zero-order valence-corrected chi connectivity index (χ0v) is 5.19. The highest BCUT2D eigenvalue weighted by Gasteiger charge is 2.58. The van der Waals surface area contributed by atoms with E-state index in [1.165, 1.54) is 11.8 Å². The van der Waals surface area contributed by atoms with Gasteiger partial charge in [0.15, 0.2) is 0 Å². The van der Waals surface area contributed by atoms with Gasteiger partial charge in [0.25, 0.3) is 0 Å². The number of rotatable bonds is 0. The van der Waals surface area contributed by atoms with Crippen molar-refractivity contribution in [3.8, 4) is 0 Å². The average molecular weight is 108 g/mol. The van der Waals surface area contributed by atoms with Crippen molar-refractivity contribution in [2.45, 2.75) is 32.1 Å². The fraction of sp³-hybridized carbons (Fsp3) is 1.00. The molecule has 0 nitrogen and oxygen atoms in total. The van der Waals surface area contributed by atoms with E-state index in [0.29, 0.717) is 0 Å². The summed E-state index contributed by atoms with van der Waals surface area (Å²) in [6, 6.07) is 0. The lowest BCUT2D eigenvalue weighted by atomic mass is 10.0. The molecule has 3 fully saturated rings. The fourth-order valence-corrected chi connectivity index (χ4v) is 2.59. The van der Waals surface area contributed by atoms with Gasteiger partial charge in [-0.05, 0) is 49.4 Å². The lowest BCUT2D eigenvalue weighted by molar-refractivity contribution is 0.469. The predicted octanol–water partition coefficient (Wildman–Crippen LogP) is 2.20. The monoisotopic (exact) mass is 108 g/mol. The van der Waals surface area contributed by atoms with Crippen LogP contribution in [0.3, 0.4) is 0 Å². The van der Waals surface area contributed by atoms with E-state index in [1.807, 2.05) is 0 Å². The summed E-state index contributed by atoms with van der Waals surface area (Å²) < 4.78 is 0. The first-order valence-corrected chi connectivity index (χ1v) is 3.88. The maximum Gasteiger partial charge on any atom is -0.0292 e. The molecular weight excluding hydrogens is 96.1 g/mol. The number of fused-ring (bicyclic) bond motifs is 1. The average Bonchev–Trinajstić information content (AvgIpc) is 2.58. The molecule has 3 saturated carbocycles. The summed E-state index contributed by atoms with van der Waals surface area (Å²) in [4.78, 5) is 0. The Kier molecular flexibility index (Phi) is 0.427. The Balaban J connectivity index is 1.90. The maximum atomic E-state index is 1.62. The molecular formula is C8H12.